The average Bonchev–Trinajstić information content (AvgIpc) is 2.81. The Morgan fingerprint density at radius 1 is 1.17 bits per heavy atom. The van der Waals surface area contributed by atoms with Gasteiger partial charge in [-0.2, -0.15) is 5.10 Å². The molecular formula is C12H16BN3O2. The first-order chi connectivity index (χ1) is 8.41. The van der Waals surface area contributed by atoms with E-state index in [1.165, 1.54) is 0 Å². The molecule has 0 bridgehead atoms. The highest BCUT2D eigenvalue weighted by Crippen LogP contribution is 2.36. The number of aromatic nitrogens is 3. The number of hydrogen-bond acceptors (Lipinski definition) is 4. The van der Waals surface area contributed by atoms with Crippen LogP contribution in [0.1, 0.15) is 27.7 Å². The predicted octanol–water partition coefficient (Wildman–Crippen LogP) is 1.26. The standard InChI is InChI=1S/C12H16BN3O2/c1-11(2)12(3,4)18-13(17-11)10-9-8(5-6-14-10)7-15-16-9/h5-7H,1-4H3,(H,15,16). The zero-order valence-electron chi connectivity index (χ0n) is 11.0. The largest absolute Gasteiger partial charge is 0.516 e. The molecule has 2 aromatic heterocycles. The van der Waals surface area contributed by atoms with Crippen LogP contribution in [0.2, 0.25) is 0 Å². The summed E-state index contributed by atoms with van der Waals surface area (Å²) in [5.74, 6) is 0. The molecule has 1 saturated heterocycles. The van der Waals surface area contributed by atoms with Crippen molar-refractivity contribution < 1.29 is 9.31 Å². The normalized spacial score (nSPS) is 21.7. The van der Waals surface area contributed by atoms with E-state index in [0.717, 1.165) is 16.5 Å². The van der Waals surface area contributed by atoms with Crippen molar-refractivity contribution in [3.8, 4) is 0 Å². The summed E-state index contributed by atoms with van der Waals surface area (Å²) < 4.78 is 12.0. The molecule has 18 heavy (non-hydrogen) atoms. The zero-order chi connectivity index (χ0) is 13.0. The number of nitrogens with zero attached hydrogens (tertiary/aromatic N) is 2. The van der Waals surface area contributed by atoms with E-state index in [-0.39, 0.29) is 11.2 Å². The van der Waals surface area contributed by atoms with Crippen LogP contribution in [0.15, 0.2) is 18.5 Å². The fourth-order valence-corrected chi connectivity index (χ4v) is 2.02. The monoisotopic (exact) mass is 245 g/mol. The maximum absolute atomic E-state index is 6.00. The molecule has 0 spiro atoms. The van der Waals surface area contributed by atoms with Crippen LogP contribution in [0.3, 0.4) is 0 Å². The highest BCUT2D eigenvalue weighted by molar-refractivity contribution is 6.63. The van der Waals surface area contributed by atoms with E-state index in [1.807, 2.05) is 33.8 Å². The molecule has 94 valence electrons. The van der Waals surface area contributed by atoms with Crippen LogP contribution in [0.5, 0.6) is 0 Å². The molecule has 0 saturated carbocycles. The van der Waals surface area contributed by atoms with E-state index in [2.05, 4.69) is 15.2 Å². The first-order valence-electron chi connectivity index (χ1n) is 6.04. The van der Waals surface area contributed by atoms with E-state index < -0.39 is 7.12 Å². The quantitative estimate of drug-likeness (QED) is 0.768. The van der Waals surface area contributed by atoms with Crippen molar-refractivity contribution in [1.29, 1.82) is 0 Å². The number of hydrogen-bond donors (Lipinski definition) is 1. The van der Waals surface area contributed by atoms with Crippen molar-refractivity contribution in [2.75, 3.05) is 0 Å². The van der Waals surface area contributed by atoms with Gasteiger partial charge in [0.15, 0.2) is 0 Å². The molecule has 3 rings (SSSR count). The van der Waals surface area contributed by atoms with Gasteiger partial charge in [-0.15, -0.1) is 0 Å². The Hall–Kier alpha value is -1.40. The molecule has 0 amide bonds. The smallest absolute Gasteiger partial charge is 0.398 e. The maximum atomic E-state index is 6.00. The van der Waals surface area contributed by atoms with Crippen molar-refractivity contribution >= 4 is 23.6 Å². The van der Waals surface area contributed by atoms with Gasteiger partial charge in [0.2, 0.25) is 0 Å². The molecule has 0 radical (unpaired) electrons. The summed E-state index contributed by atoms with van der Waals surface area (Å²) >= 11 is 0. The number of rotatable bonds is 1. The topological polar surface area (TPSA) is 60.0 Å². The summed E-state index contributed by atoms with van der Waals surface area (Å²) in [6, 6.07) is 1.91. The Kier molecular flexibility index (Phi) is 2.31. The van der Waals surface area contributed by atoms with Crippen LogP contribution in [0.4, 0.5) is 0 Å². The Morgan fingerprint density at radius 2 is 1.83 bits per heavy atom. The van der Waals surface area contributed by atoms with Gasteiger partial charge in [0.1, 0.15) is 0 Å². The van der Waals surface area contributed by atoms with Crippen molar-refractivity contribution in [3.63, 3.8) is 0 Å². The van der Waals surface area contributed by atoms with Gasteiger partial charge in [0.05, 0.1) is 28.5 Å². The number of fused-ring (bicyclic) bond motifs is 1. The number of nitrogens with one attached hydrogen (secondary N) is 1. The fraction of sp³-hybridized carbons (Fsp3) is 0.500. The molecule has 1 N–H and O–H groups in total. The molecule has 5 nitrogen and oxygen atoms in total. The highest BCUT2D eigenvalue weighted by Gasteiger charge is 2.52. The highest BCUT2D eigenvalue weighted by atomic mass is 16.7. The number of H-pyrrole nitrogens is 1. The third-order valence-corrected chi connectivity index (χ3v) is 3.87. The van der Waals surface area contributed by atoms with Gasteiger partial charge in [0.25, 0.3) is 0 Å². The summed E-state index contributed by atoms with van der Waals surface area (Å²) in [6.45, 7) is 8.11. The SMILES string of the molecule is CC1(C)OB(c2nccc3cn[nH]c23)OC1(C)C. The van der Waals surface area contributed by atoms with Crippen LogP contribution in [-0.4, -0.2) is 33.5 Å². The second-order valence-corrected chi connectivity index (χ2v) is 5.62. The molecule has 0 unspecified atom stereocenters. The van der Waals surface area contributed by atoms with Gasteiger partial charge in [-0.1, -0.05) is 0 Å². The first-order valence-corrected chi connectivity index (χ1v) is 6.04. The maximum Gasteiger partial charge on any atom is 0.516 e. The molecule has 3 heterocycles. The molecule has 0 atom stereocenters. The Labute approximate surface area is 106 Å². The molecule has 6 heteroatoms. The van der Waals surface area contributed by atoms with Crippen molar-refractivity contribution in [2.24, 2.45) is 0 Å². The van der Waals surface area contributed by atoms with E-state index >= 15 is 0 Å². The predicted molar refractivity (Wildman–Crippen MR) is 69.6 cm³/mol. The van der Waals surface area contributed by atoms with Gasteiger partial charge >= 0.3 is 7.12 Å². The Balaban J connectivity index is 2.05. The molecule has 1 fully saturated rings. The molecule has 1 aliphatic heterocycles. The van der Waals surface area contributed by atoms with E-state index in [4.69, 9.17) is 9.31 Å². The number of pyridine rings is 1. The number of aromatic amines is 1. The summed E-state index contributed by atoms with van der Waals surface area (Å²) in [6.07, 6.45) is 3.52. The molecular weight excluding hydrogens is 229 g/mol. The third kappa shape index (κ3) is 1.56. The van der Waals surface area contributed by atoms with Crippen LogP contribution in [-0.2, 0) is 9.31 Å². The third-order valence-electron chi connectivity index (χ3n) is 3.87. The Morgan fingerprint density at radius 3 is 2.50 bits per heavy atom. The zero-order valence-corrected chi connectivity index (χ0v) is 11.0. The molecule has 0 aromatic carbocycles. The summed E-state index contributed by atoms with van der Waals surface area (Å²) in [7, 11) is -0.459. The lowest BCUT2D eigenvalue weighted by atomic mass is 9.83. The van der Waals surface area contributed by atoms with Gasteiger partial charge in [-0.25, -0.2) is 0 Å². The molecule has 1 aliphatic rings. The fourth-order valence-electron chi connectivity index (χ4n) is 2.02. The van der Waals surface area contributed by atoms with E-state index in [0.29, 0.717) is 0 Å². The lowest BCUT2D eigenvalue weighted by Gasteiger charge is -2.32. The average molecular weight is 245 g/mol. The minimum atomic E-state index is -0.459. The lowest BCUT2D eigenvalue weighted by molar-refractivity contribution is 0.00578. The minimum Gasteiger partial charge on any atom is -0.398 e. The summed E-state index contributed by atoms with van der Waals surface area (Å²) in [4.78, 5) is 4.37. The second kappa shape index (κ2) is 3.55. The Bertz CT molecular complexity index is 578. The minimum absolute atomic E-state index is 0.360. The van der Waals surface area contributed by atoms with E-state index in [1.54, 1.807) is 12.4 Å². The summed E-state index contributed by atoms with van der Waals surface area (Å²) in [5.41, 5.74) is 0.905. The van der Waals surface area contributed by atoms with Crippen molar-refractivity contribution in [2.45, 2.75) is 38.9 Å². The van der Waals surface area contributed by atoms with Crippen LogP contribution in [0.25, 0.3) is 10.9 Å². The molecule has 2 aromatic rings. The van der Waals surface area contributed by atoms with Crippen molar-refractivity contribution in [1.82, 2.24) is 15.2 Å². The van der Waals surface area contributed by atoms with Crippen LogP contribution >= 0.6 is 0 Å². The summed E-state index contributed by atoms with van der Waals surface area (Å²) in [5, 5.41) is 7.99. The van der Waals surface area contributed by atoms with Gasteiger partial charge in [-0.05, 0) is 33.8 Å². The first kappa shape index (κ1) is 11.7. The van der Waals surface area contributed by atoms with Crippen molar-refractivity contribution in [3.05, 3.63) is 18.5 Å². The second-order valence-electron chi connectivity index (χ2n) is 5.62. The van der Waals surface area contributed by atoms with Gasteiger partial charge < -0.3 is 9.31 Å². The molecule has 0 aliphatic carbocycles. The van der Waals surface area contributed by atoms with Gasteiger partial charge in [-0.3, -0.25) is 10.1 Å². The van der Waals surface area contributed by atoms with Gasteiger partial charge in [0, 0.05) is 11.6 Å². The van der Waals surface area contributed by atoms with E-state index in [9.17, 15) is 0 Å². The lowest BCUT2D eigenvalue weighted by Crippen LogP contribution is -2.41. The van der Waals surface area contributed by atoms with Crippen LogP contribution in [0, 0.1) is 0 Å². The van der Waals surface area contributed by atoms with Crippen LogP contribution < -0.4 is 5.59 Å².